The Kier molecular flexibility index (Phi) is 6.12. The first-order valence-corrected chi connectivity index (χ1v) is 9.95. The third-order valence-electron chi connectivity index (χ3n) is 3.19. The minimum absolute atomic E-state index is 0.0545. The summed E-state index contributed by atoms with van der Waals surface area (Å²) in [5, 5.41) is 4.77. The van der Waals surface area contributed by atoms with Crippen LogP contribution in [0.5, 0.6) is 0 Å². The zero-order chi connectivity index (χ0) is 16.8. The zero-order valence-corrected chi connectivity index (χ0v) is 15.9. The van der Waals surface area contributed by atoms with Crippen molar-refractivity contribution >= 4 is 44.9 Å². The molecular weight excluding hydrogens is 408 g/mol. The van der Waals surface area contributed by atoms with Gasteiger partial charge in [-0.15, -0.1) is 11.3 Å². The van der Waals surface area contributed by atoms with E-state index in [9.17, 15) is 4.79 Å². The summed E-state index contributed by atoms with van der Waals surface area (Å²) in [5.74, 6) is 1.55. The number of halogens is 1. The normalized spacial score (nSPS) is 10.7. The number of amides is 1. The van der Waals surface area contributed by atoms with E-state index in [1.165, 1.54) is 5.56 Å². The lowest BCUT2D eigenvalue weighted by Crippen LogP contribution is -2.24. The first-order chi connectivity index (χ1) is 11.7. The fourth-order valence-corrected chi connectivity index (χ4v) is 4.05. The number of hydrogen-bond acceptors (Lipinski definition) is 5. The fourth-order valence-electron chi connectivity index (χ4n) is 1.99. The third kappa shape index (κ3) is 5.22. The summed E-state index contributed by atoms with van der Waals surface area (Å²) in [6.07, 6.45) is 1.88. The first-order valence-electron chi connectivity index (χ1n) is 7.30. The molecule has 1 N–H and O–H groups in total. The molecule has 0 saturated heterocycles. The van der Waals surface area contributed by atoms with Crippen molar-refractivity contribution in [2.75, 3.05) is 0 Å². The van der Waals surface area contributed by atoms with E-state index in [0.717, 1.165) is 26.0 Å². The average molecular weight is 423 g/mol. The van der Waals surface area contributed by atoms with E-state index in [1.807, 2.05) is 23.6 Å². The maximum atomic E-state index is 11.9. The number of carbonyl (C=O) groups is 1. The quantitative estimate of drug-likeness (QED) is 0.562. The number of rotatable bonds is 7. The minimum Gasteiger partial charge on any atom is -0.467 e. The number of thioether (sulfide) groups is 1. The number of hydrogen-bond donors (Lipinski definition) is 1. The molecule has 124 valence electrons. The largest absolute Gasteiger partial charge is 0.467 e. The molecule has 2 heterocycles. The molecule has 0 aliphatic rings. The van der Waals surface area contributed by atoms with Gasteiger partial charge in [0.2, 0.25) is 5.91 Å². The van der Waals surface area contributed by atoms with E-state index < -0.39 is 0 Å². The molecule has 4 nitrogen and oxygen atoms in total. The lowest BCUT2D eigenvalue weighted by atomic mass is 10.2. The molecule has 0 unspecified atom stereocenters. The maximum Gasteiger partial charge on any atom is 0.226 e. The Hall–Kier alpha value is -1.57. The molecule has 0 spiro atoms. The summed E-state index contributed by atoms with van der Waals surface area (Å²) >= 11 is 6.69. The van der Waals surface area contributed by atoms with Crippen molar-refractivity contribution in [2.45, 2.75) is 23.1 Å². The van der Waals surface area contributed by atoms with Crippen LogP contribution in [0.2, 0.25) is 0 Å². The van der Waals surface area contributed by atoms with Gasteiger partial charge < -0.3 is 9.73 Å². The van der Waals surface area contributed by atoms with Crippen molar-refractivity contribution in [1.82, 2.24) is 10.3 Å². The Morgan fingerprint density at radius 3 is 2.88 bits per heavy atom. The predicted octanol–water partition coefficient (Wildman–Crippen LogP) is 4.65. The van der Waals surface area contributed by atoms with Crippen LogP contribution in [0.3, 0.4) is 0 Å². The van der Waals surface area contributed by atoms with Crippen molar-refractivity contribution < 1.29 is 9.21 Å². The molecule has 7 heteroatoms. The van der Waals surface area contributed by atoms with Gasteiger partial charge in [0.25, 0.3) is 0 Å². The summed E-state index contributed by atoms with van der Waals surface area (Å²) in [5.41, 5.74) is 2.05. The molecule has 0 fully saturated rings. The molecule has 0 atom stereocenters. The number of benzene rings is 1. The van der Waals surface area contributed by atoms with Gasteiger partial charge in [-0.3, -0.25) is 4.79 Å². The fraction of sp³-hybridized carbons (Fsp3) is 0.176. The number of thiazole rings is 1. The molecule has 3 rings (SSSR count). The highest BCUT2D eigenvalue weighted by molar-refractivity contribution is 9.10. The number of carbonyl (C=O) groups excluding carboxylic acids is 1. The Morgan fingerprint density at radius 1 is 1.29 bits per heavy atom. The molecule has 0 aliphatic heterocycles. The van der Waals surface area contributed by atoms with E-state index in [1.54, 1.807) is 35.4 Å². The van der Waals surface area contributed by atoms with Gasteiger partial charge in [0, 0.05) is 15.6 Å². The van der Waals surface area contributed by atoms with Gasteiger partial charge in [0.05, 0.1) is 24.9 Å². The SMILES string of the molecule is O=C(Cc1csc(SCc2ccc(Br)cc2)n1)NCc1ccco1. The standard InChI is InChI=1S/C17H15BrN2O2S2/c18-13-5-3-12(4-6-13)10-23-17-20-14(11-24-17)8-16(21)19-9-15-2-1-7-22-15/h1-7,11H,8-10H2,(H,19,21). The molecule has 1 amide bonds. The van der Waals surface area contributed by atoms with E-state index in [4.69, 9.17) is 4.42 Å². The van der Waals surface area contributed by atoms with Crippen LogP contribution in [0.25, 0.3) is 0 Å². The number of furan rings is 1. The van der Waals surface area contributed by atoms with Gasteiger partial charge in [0.15, 0.2) is 0 Å². The Balaban J connectivity index is 1.46. The lowest BCUT2D eigenvalue weighted by Gasteiger charge is -2.01. The summed E-state index contributed by atoms with van der Waals surface area (Å²) in [6.45, 7) is 0.404. The summed E-state index contributed by atoms with van der Waals surface area (Å²) in [4.78, 5) is 16.4. The zero-order valence-electron chi connectivity index (χ0n) is 12.7. The van der Waals surface area contributed by atoms with Crippen LogP contribution in [0, 0.1) is 0 Å². The van der Waals surface area contributed by atoms with Crippen LogP contribution in [0.4, 0.5) is 0 Å². The van der Waals surface area contributed by atoms with Crippen LogP contribution in [-0.4, -0.2) is 10.9 Å². The van der Waals surface area contributed by atoms with Crippen molar-refractivity contribution in [2.24, 2.45) is 0 Å². The second-order valence-electron chi connectivity index (χ2n) is 5.05. The molecule has 0 aliphatic carbocycles. The van der Waals surface area contributed by atoms with E-state index in [0.29, 0.717) is 6.54 Å². The van der Waals surface area contributed by atoms with E-state index in [2.05, 4.69) is 38.4 Å². The molecule has 3 aromatic rings. The van der Waals surface area contributed by atoms with Crippen molar-refractivity contribution in [3.8, 4) is 0 Å². The van der Waals surface area contributed by atoms with Crippen molar-refractivity contribution in [3.05, 3.63) is 69.5 Å². The smallest absolute Gasteiger partial charge is 0.226 e. The lowest BCUT2D eigenvalue weighted by molar-refractivity contribution is -0.120. The Morgan fingerprint density at radius 2 is 2.12 bits per heavy atom. The van der Waals surface area contributed by atoms with Gasteiger partial charge in [-0.1, -0.05) is 39.8 Å². The molecular formula is C17H15BrN2O2S2. The molecule has 1 aromatic carbocycles. The first kappa shape index (κ1) is 17.3. The number of aromatic nitrogens is 1. The minimum atomic E-state index is -0.0545. The van der Waals surface area contributed by atoms with Gasteiger partial charge in [-0.05, 0) is 29.8 Å². The number of nitrogens with one attached hydrogen (secondary N) is 1. The summed E-state index contributed by atoms with van der Waals surface area (Å²) < 4.78 is 7.24. The Bertz CT molecular complexity index is 785. The van der Waals surface area contributed by atoms with Crippen LogP contribution >= 0.6 is 39.0 Å². The van der Waals surface area contributed by atoms with E-state index in [-0.39, 0.29) is 12.3 Å². The van der Waals surface area contributed by atoms with Gasteiger partial charge in [0.1, 0.15) is 10.1 Å². The summed E-state index contributed by atoms with van der Waals surface area (Å²) in [7, 11) is 0. The Labute approximate surface area is 156 Å². The van der Waals surface area contributed by atoms with Crippen LogP contribution in [-0.2, 0) is 23.5 Å². The van der Waals surface area contributed by atoms with Gasteiger partial charge in [-0.25, -0.2) is 4.98 Å². The second kappa shape index (κ2) is 8.50. The highest BCUT2D eigenvalue weighted by Gasteiger charge is 2.09. The molecule has 0 saturated carbocycles. The number of nitrogens with zero attached hydrogens (tertiary/aromatic N) is 1. The maximum absolute atomic E-state index is 11.9. The van der Waals surface area contributed by atoms with E-state index >= 15 is 0 Å². The summed E-state index contributed by atoms with van der Waals surface area (Å²) in [6, 6.07) is 11.9. The van der Waals surface area contributed by atoms with Crippen LogP contribution in [0.1, 0.15) is 17.0 Å². The van der Waals surface area contributed by atoms with Gasteiger partial charge >= 0.3 is 0 Å². The average Bonchev–Trinajstić information content (AvgIpc) is 3.24. The van der Waals surface area contributed by atoms with Gasteiger partial charge in [-0.2, -0.15) is 0 Å². The predicted molar refractivity (Wildman–Crippen MR) is 100 cm³/mol. The third-order valence-corrected chi connectivity index (χ3v) is 5.86. The van der Waals surface area contributed by atoms with Crippen LogP contribution in [0.15, 0.2) is 61.3 Å². The molecule has 0 bridgehead atoms. The van der Waals surface area contributed by atoms with Crippen molar-refractivity contribution in [3.63, 3.8) is 0 Å². The highest BCUT2D eigenvalue weighted by Crippen LogP contribution is 2.26. The highest BCUT2D eigenvalue weighted by atomic mass is 79.9. The molecule has 24 heavy (non-hydrogen) atoms. The topological polar surface area (TPSA) is 55.1 Å². The monoisotopic (exact) mass is 422 g/mol. The molecule has 0 radical (unpaired) electrons. The van der Waals surface area contributed by atoms with Crippen LogP contribution < -0.4 is 5.32 Å². The van der Waals surface area contributed by atoms with Crippen molar-refractivity contribution in [1.29, 1.82) is 0 Å². The second-order valence-corrected chi connectivity index (χ2v) is 8.05. The molecule has 2 aromatic heterocycles.